The number of ether oxygens (including phenoxy) is 2. The molecule has 0 aromatic heterocycles. The Labute approximate surface area is 111 Å². The maximum absolute atomic E-state index is 5.83. The molecule has 0 aliphatic rings. The molecule has 0 bridgehead atoms. The van der Waals surface area contributed by atoms with Crippen molar-refractivity contribution in [3.8, 4) is 5.75 Å². The van der Waals surface area contributed by atoms with Crippen LogP contribution in [0.1, 0.15) is 18.9 Å². The molecule has 1 aromatic rings. The molecule has 1 rings (SSSR count). The van der Waals surface area contributed by atoms with E-state index in [1.807, 2.05) is 19.1 Å². The largest absolute Gasteiger partial charge is 0.492 e. The van der Waals surface area contributed by atoms with E-state index in [4.69, 9.17) is 15.2 Å². The van der Waals surface area contributed by atoms with Gasteiger partial charge in [0.2, 0.25) is 0 Å². The van der Waals surface area contributed by atoms with Crippen LogP contribution >= 0.6 is 15.9 Å². The Hall–Kier alpha value is -0.580. The van der Waals surface area contributed by atoms with Gasteiger partial charge in [-0.2, -0.15) is 0 Å². The normalized spacial score (nSPS) is 12.5. The molecule has 0 aliphatic carbocycles. The minimum absolute atomic E-state index is 0.130. The third-order valence-electron chi connectivity index (χ3n) is 2.33. The van der Waals surface area contributed by atoms with Crippen LogP contribution in [0.2, 0.25) is 0 Å². The summed E-state index contributed by atoms with van der Waals surface area (Å²) in [7, 11) is 1.69. The number of hydrogen-bond donors (Lipinski definition) is 1. The monoisotopic (exact) mass is 301 g/mol. The fourth-order valence-electron chi connectivity index (χ4n) is 1.60. The molecule has 3 nitrogen and oxygen atoms in total. The van der Waals surface area contributed by atoms with E-state index in [0.29, 0.717) is 13.2 Å². The van der Waals surface area contributed by atoms with Crippen molar-refractivity contribution in [1.82, 2.24) is 0 Å². The van der Waals surface area contributed by atoms with Crippen LogP contribution in [0.15, 0.2) is 22.7 Å². The number of halogens is 1. The van der Waals surface area contributed by atoms with E-state index >= 15 is 0 Å². The number of rotatable bonds is 7. The molecular weight excluding hydrogens is 282 g/mol. The van der Waals surface area contributed by atoms with Crippen molar-refractivity contribution in [2.24, 2.45) is 5.73 Å². The molecule has 96 valence electrons. The van der Waals surface area contributed by atoms with Crippen LogP contribution < -0.4 is 10.5 Å². The smallest absolute Gasteiger partial charge is 0.136 e. The SMILES string of the molecule is COCCCOc1c(Br)cccc1CC(C)N. The average Bonchev–Trinajstić information content (AvgIpc) is 2.26. The van der Waals surface area contributed by atoms with E-state index in [1.54, 1.807) is 7.11 Å². The predicted octanol–water partition coefficient (Wildman–Crippen LogP) is 2.75. The van der Waals surface area contributed by atoms with E-state index in [1.165, 1.54) is 0 Å². The highest BCUT2D eigenvalue weighted by Crippen LogP contribution is 2.29. The van der Waals surface area contributed by atoms with Crippen molar-refractivity contribution in [3.63, 3.8) is 0 Å². The fraction of sp³-hybridized carbons (Fsp3) is 0.538. The zero-order valence-corrected chi connectivity index (χ0v) is 12.0. The third kappa shape index (κ3) is 5.06. The summed E-state index contributed by atoms with van der Waals surface area (Å²) in [5.41, 5.74) is 6.97. The van der Waals surface area contributed by atoms with Crippen LogP contribution in [0, 0.1) is 0 Å². The van der Waals surface area contributed by atoms with Gasteiger partial charge in [-0.05, 0) is 40.9 Å². The van der Waals surface area contributed by atoms with Crippen molar-refractivity contribution >= 4 is 15.9 Å². The molecule has 0 saturated heterocycles. The molecule has 0 aliphatic heterocycles. The van der Waals surface area contributed by atoms with Crippen molar-refractivity contribution in [2.75, 3.05) is 20.3 Å². The predicted molar refractivity (Wildman–Crippen MR) is 73.5 cm³/mol. The molecule has 4 heteroatoms. The Morgan fingerprint density at radius 1 is 1.35 bits per heavy atom. The lowest BCUT2D eigenvalue weighted by Gasteiger charge is -2.14. The highest BCUT2D eigenvalue weighted by Gasteiger charge is 2.09. The maximum Gasteiger partial charge on any atom is 0.136 e. The Morgan fingerprint density at radius 3 is 2.76 bits per heavy atom. The van der Waals surface area contributed by atoms with E-state index in [2.05, 4.69) is 22.0 Å². The van der Waals surface area contributed by atoms with E-state index in [-0.39, 0.29) is 6.04 Å². The average molecular weight is 302 g/mol. The van der Waals surface area contributed by atoms with Gasteiger partial charge in [-0.15, -0.1) is 0 Å². The summed E-state index contributed by atoms with van der Waals surface area (Å²) in [5, 5.41) is 0. The molecule has 0 fully saturated rings. The number of para-hydroxylation sites is 1. The quantitative estimate of drug-likeness (QED) is 0.788. The van der Waals surface area contributed by atoms with Crippen molar-refractivity contribution in [3.05, 3.63) is 28.2 Å². The number of nitrogens with two attached hydrogens (primary N) is 1. The summed E-state index contributed by atoms with van der Waals surface area (Å²) >= 11 is 3.51. The van der Waals surface area contributed by atoms with E-state index in [0.717, 1.165) is 28.6 Å². The van der Waals surface area contributed by atoms with Gasteiger partial charge in [0.25, 0.3) is 0 Å². The first kappa shape index (κ1) is 14.5. The Morgan fingerprint density at radius 2 is 2.12 bits per heavy atom. The fourth-order valence-corrected chi connectivity index (χ4v) is 2.12. The Bertz CT molecular complexity index is 342. The number of benzene rings is 1. The van der Waals surface area contributed by atoms with E-state index < -0.39 is 0 Å². The summed E-state index contributed by atoms with van der Waals surface area (Å²) in [5.74, 6) is 0.904. The van der Waals surface area contributed by atoms with Crippen molar-refractivity contribution < 1.29 is 9.47 Å². The number of hydrogen-bond acceptors (Lipinski definition) is 3. The lowest BCUT2D eigenvalue weighted by molar-refractivity contribution is 0.171. The summed E-state index contributed by atoms with van der Waals surface area (Å²) in [6, 6.07) is 6.17. The topological polar surface area (TPSA) is 44.5 Å². The Balaban J connectivity index is 2.66. The lowest BCUT2D eigenvalue weighted by Crippen LogP contribution is -2.18. The first-order chi connectivity index (χ1) is 8.15. The second kappa shape index (κ2) is 7.69. The van der Waals surface area contributed by atoms with Gasteiger partial charge < -0.3 is 15.2 Å². The zero-order chi connectivity index (χ0) is 12.7. The second-order valence-corrected chi connectivity index (χ2v) is 4.96. The van der Waals surface area contributed by atoms with Gasteiger partial charge in [0, 0.05) is 26.2 Å². The standard InChI is InChI=1S/C13H20BrNO2/c1-10(15)9-11-5-3-6-12(14)13(11)17-8-4-7-16-2/h3,5-6,10H,4,7-9,15H2,1-2H3. The van der Waals surface area contributed by atoms with Crippen LogP contribution in [-0.4, -0.2) is 26.4 Å². The van der Waals surface area contributed by atoms with Crippen molar-refractivity contribution in [1.29, 1.82) is 0 Å². The molecule has 0 saturated carbocycles. The minimum Gasteiger partial charge on any atom is -0.492 e. The second-order valence-electron chi connectivity index (χ2n) is 4.10. The summed E-state index contributed by atoms with van der Waals surface area (Å²) < 4.78 is 11.8. The van der Waals surface area contributed by atoms with Crippen LogP contribution in [-0.2, 0) is 11.2 Å². The summed E-state index contributed by atoms with van der Waals surface area (Å²) in [4.78, 5) is 0. The molecule has 0 spiro atoms. The molecule has 0 amide bonds. The van der Waals surface area contributed by atoms with Gasteiger partial charge in [0.15, 0.2) is 0 Å². The van der Waals surface area contributed by atoms with Crippen LogP contribution in [0.25, 0.3) is 0 Å². The zero-order valence-electron chi connectivity index (χ0n) is 10.4. The van der Waals surface area contributed by atoms with Gasteiger partial charge in [-0.1, -0.05) is 12.1 Å². The number of methoxy groups -OCH3 is 1. The van der Waals surface area contributed by atoms with Gasteiger partial charge in [0.05, 0.1) is 11.1 Å². The van der Waals surface area contributed by atoms with E-state index in [9.17, 15) is 0 Å². The maximum atomic E-state index is 5.83. The molecular formula is C13H20BrNO2. The lowest BCUT2D eigenvalue weighted by atomic mass is 10.1. The highest BCUT2D eigenvalue weighted by molar-refractivity contribution is 9.10. The summed E-state index contributed by atoms with van der Waals surface area (Å²) in [6.45, 7) is 3.37. The first-order valence-corrected chi connectivity index (χ1v) is 6.59. The van der Waals surface area contributed by atoms with Crippen LogP contribution in [0.3, 0.4) is 0 Å². The van der Waals surface area contributed by atoms with Crippen molar-refractivity contribution in [2.45, 2.75) is 25.8 Å². The highest BCUT2D eigenvalue weighted by atomic mass is 79.9. The third-order valence-corrected chi connectivity index (χ3v) is 2.95. The molecule has 17 heavy (non-hydrogen) atoms. The minimum atomic E-state index is 0.130. The molecule has 0 radical (unpaired) electrons. The van der Waals surface area contributed by atoms with Crippen LogP contribution in [0.4, 0.5) is 0 Å². The molecule has 1 atom stereocenters. The molecule has 2 N–H and O–H groups in total. The summed E-state index contributed by atoms with van der Waals surface area (Å²) in [6.07, 6.45) is 1.70. The van der Waals surface area contributed by atoms with Gasteiger partial charge in [-0.25, -0.2) is 0 Å². The molecule has 1 unspecified atom stereocenters. The Kier molecular flexibility index (Phi) is 6.55. The van der Waals surface area contributed by atoms with Gasteiger partial charge >= 0.3 is 0 Å². The first-order valence-electron chi connectivity index (χ1n) is 5.80. The molecule has 0 heterocycles. The van der Waals surface area contributed by atoms with Crippen LogP contribution in [0.5, 0.6) is 5.75 Å². The van der Waals surface area contributed by atoms with Gasteiger partial charge in [0.1, 0.15) is 5.75 Å². The van der Waals surface area contributed by atoms with Gasteiger partial charge in [-0.3, -0.25) is 0 Å². The molecule has 1 aromatic carbocycles.